The lowest BCUT2D eigenvalue weighted by atomic mass is 10.1. The zero-order valence-corrected chi connectivity index (χ0v) is 13.2. The molecule has 0 heterocycles. The van der Waals surface area contributed by atoms with Gasteiger partial charge in [0.2, 0.25) is 0 Å². The topological polar surface area (TPSA) is 105 Å². The van der Waals surface area contributed by atoms with Crippen molar-refractivity contribution in [1.82, 2.24) is 0 Å². The van der Waals surface area contributed by atoms with Crippen molar-refractivity contribution < 1.29 is 28.1 Å². The van der Waals surface area contributed by atoms with E-state index in [0.29, 0.717) is 5.56 Å². The van der Waals surface area contributed by atoms with Crippen LogP contribution in [0.5, 0.6) is 0 Å². The van der Waals surface area contributed by atoms with E-state index in [1.54, 1.807) is 0 Å². The Morgan fingerprint density at radius 3 is 2.14 bits per heavy atom. The second-order valence-corrected chi connectivity index (χ2v) is 6.49. The standard InChI is InChI=1S/C13H16NO7P/c1-9(22(18,19-3)20-4)13(21-10(2)15)11-5-7-12(8-6-11)14(16)17/h5-8,13H,1H2,2-4H3. The van der Waals surface area contributed by atoms with Crippen molar-refractivity contribution in [3.63, 3.8) is 0 Å². The van der Waals surface area contributed by atoms with Crippen LogP contribution in [0.25, 0.3) is 0 Å². The Morgan fingerprint density at radius 2 is 1.77 bits per heavy atom. The lowest BCUT2D eigenvalue weighted by Gasteiger charge is -2.24. The second-order valence-electron chi connectivity index (χ2n) is 4.19. The summed E-state index contributed by atoms with van der Waals surface area (Å²) in [7, 11) is -1.33. The van der Waals surface area contributed by atoms with Crippen molar-refractivity contribution in [2.45, 2.75) is 13.0 Å². The fourth-order valence-electron chi connectivity index (χ4n) is 1.72. The number of non-ortho nitro benzene ring substituents is 1. The second kappa shape index (κ2) is 7.31. The lowest BCUT2D eigenvalue weighted by Crippen LogP contribution is -2.12. The Morgan fingerprint density at radius 1 is 1.27 bits per heavy atom. The summed E-state index contributed by atoms with van der Waals surface area (Å²) in [5, 5.41) is 10.6. The first-order chi connectivity index (χ1) is 10.2. The molecule has 1 aromatic rings. The number of benzene rings is 1. The van der Waals surface area contributed by atoms with E-state index < -0.39 is 24.6 Å². The number of nitro groups is 1. The SMILES string of the molecule is C=C(C(OC(C)=O)c1ccc([N+](=O)[O-])cc1)P(=O)(OC)OC. The monoisotopic (exact) mass is 329 g/mol. The van der Waals surface area contributed by atoms with Gasteiger partial charge in [-0.3, -0.25) is 19.5 Å². The third kappa shape index (κ3) is 4.00. The average Bonchev–Trinajstić information content (AvgIpc) is 2.51. The molecule has 8 nitrogen and oxygen atoms in total. The molecule has 0 aliphatic carbocycles. The van der Waals surface area contributed by atoms with Gasteiger partial charge in [-0.15, -0.1) is 0 Å². The van der Waals surface area contributed by atoms with Crippen molar-refractivity contribution in [2.75, 3.05) is 14.2 Å². The third-order valence-corrected chi connectivity index (χ3v) is 4.73. The maximum Gasteiger partial charge on any atom is 0.360 e. The molecule has 0 bridgehead atoms. The van der Waals surface area contributed by atoms with Gasteiger partial charge in [-0.2, -0.15) is 0 Å². The van der Waals surface area contributed by atoms with E-state index in [4.69, 9.17) is 13.8 Å². The van der Waals surface area contributed by atoms with Crippen molar-refractivity contribution in [1.29, 1.82) is 0 Å². The van der Waals surface area contributed by atoms with Crippen molar-refractivity contribution in [3.8, 4) is 0 Å². The van der Waals surface area contributed by atoms with Crippen LogP contribution in [0.1, 0.15) is 18.6 Å². The van der Waals surface area contributed by atoms with E-state index in [0.717, 1.165) is 0 Å². The summed E-state index contributed by atoms with van der Waals surface area (Å²) in [4.78, 5) is 21.4. The summed E-state index contributed by atoms with van der Waals surface area (Å²) < 4.78 is 27.1. The molecule has 1 atom stereocenters. The smallest absolute Gasteiger partial charge is 0.360 e. The number of carbonyl (C=O) groups is 1. The van der Waals surface area contributed by atoms with E-state index in [1.807, 2.05) is 0 Å². The lowest BCUT2D eigenvalue weighted by molar-refractivity contribution is -0.384. The highest BCUT2D eigenvalue weighted by Gasteiger charge is 2.35. The number of carbonyl (C=O) groups excluding carboxylic acids is 1. The molecule has 120 valence electrons. The number of ether oxygens (including phenoxy) is 1. The van der Waals surface area contributed by atoms with Crippen LogP contribution in [-0.2, 0) is 23.1 Å². The molecule has 0 aliphatic heterocycles. The predicted molar refractivity (Wildman–Crippen MR) is 78.4 cm³/mol. The van der Waals surface area contributed by atoms with Crippen LogP contribution in [0.15, 0.2) is 36.2 Å². The molecule has 1 aromatic carbocycles. The van der Waals surface area contributed by atoms with Gasteiger partial charge in [0.05, 0.1) is 10.2 Å². The minimum Gasteiger partial charge on any atom is -0.452 e. The minimum atomic E-state index is -3.69. The number of hydrogen-bond acceptors (Lipinski definition) is 7. The Kier molecular flexibility index (Phi) is 5.99. The first-order valence-electron chi connectivity index (χ1n) is 6.07. The molecule has 0 saturated carbocycles. The van der Waals surface area contributed by atoms with E-state index in [9.17, 15) is 19.5 Å². The van der Waals surface area contributed by atoms with Crippen LogP contribution < -0.4 is 0 Å². The molecule has 0 spiro atoms. The molecular formula is C13H16NO7P. The molecule has 0 N–H and O–H groups in total. The highest BCUT2D eigenvalue weighted by molar-refractivity contribution is 7.58. The van der Waals surface area contributed by atoms with Crippen LogP contribution in [0, 0.1) is 10.1 Å². The quantitative estimate of drug-likeness (QED) is 0.327. The summed E-state index contributed by atoms with van der Waals surface area (Å²) >= 11 is 0. The van der Waals surface area contributed by atoms with Crippen LogP contribution in [0.4, 0.5) is 5.69 Å². The zero-order valence-electron chi connectivity index (χ0n) is 12.3. The largest absolute Gasteiger partial charge is 0.452 e. The molecule has 9 heteroatoms. The number of rotatable bonds is 7. The van der Waals surface area contributed by atoms with E-state index in [2.05, 4.69) is 6.58 Å². The van der Waals surface area contributed by atoms with Crippen molar-refractivity contribution in [3.05, 3.63) is 51.8 Å². The van der Waals surface area contributed by atoms with Gasteiger partial charge in [-0.25, -0.2) is 0 Å². The van der Waals surface area contributed by atoms with Crippen LogP contribution in [0.3, 0.4) is 0 Å². The number of nitro benzene ring substituents is 1. The van der Waals surface area contributed by atoms with Gasteiger partial charge in [0.1, 0.15) is 0 Å². The van der Waals surface area contributed by atoms with Gasteiger partial charge < -0.3 is 13.8 Å². The van der Waals surface area contributed by atoms with Crippen molar-refractivity contribution in [2.24, 2.45) is 0 Å². The molecule has 0 aromatic heterocycles. The summed E-state index contributed by atoms with van der Waals surface area (Å²) in [6.07, 6.45) is -1.11. The van der Waals surface area contributed by atoms with Gasteiger partial charge in [0.25, 0.3) is 5.69 Å². The van der Waals surface area contributed by atoms with Gasteiger partial charge in [0, 0.05) is 33.3 Å². The van der Waals surface area contributed by atoms with Crippen LogP contribution in [0.2, 0.25) is 0 Å². The molecule has 0 radical (unpaired) electrons. The molecule has 0 saturated heterocycles. The summed E-state index contributed by atoms with van der Waals surface area (Å²) in [5.74, 6) is -0.636. The molecule has 0 aliphatic rings. The highest BCUT2D eigenvalue weighted by Crippen LogP contribution is 2.58. The highest BCUT2D eigenvalue weighted by atomic mass is 31.2. The molecule has 0 fully saturated rings. The fourth-order valence-corrected chi connectivity index (χ4v) is 2.82. The van der Waals surface area contributed by atoms with Gasteiger partial charge in [0.15, 0.2) is 6.10 Å². The van der Waals surface area contributed by atoms with Gasteiger partial charge in [-0.1, -0.05) is 6.58 Å². The molecule has 1 unspecified atom stereocenters. The van der Waals surface area contributed by atoms with E-state index in [-0.39, 0.29) is 11.0 Å². The zero-order chi connectivity index (χ0) is 16.9. The van der Waals surface area contributed by atoms with E-state index >= 15 is 0 Å². The van der Waals surface area contributed by atoms with Crippen molar-refractivity contribution >= 4 is 19.3 Å². The summed E-state index contributed by atoms with van der Waals surface area (Å²) in [6, 6.07) is 5.24. The Hall–Kier alpha value is -2.02. The first-order valence-corrected chi connectivity index (χ1v) is 7.62. The maximum atomic E-state index is 12.4. The summed E-state index contributed by atoms with van der Waals surface area (Å²) in [6.45, 7) is 4.81. The minimum absolute atomic E-state index is 0.0819. The van der Waals surface area contributed by atoms with Crippen LogP contribution >= 0.6 is 7.60 Å². The normalized spacial score (nSPS) is 12.5. The number of nitrogens with zero attached hydrogens (tertiary/aromatic N) is 1. The summed E-state index contributed by atoms with van der Waals surface area (Å²) in [5.41, 5.74) is 0.234. The number of esters is 1. The Balaban J connectivity index is 3.23. The number of hydrogen-bond donors (Lipinski definition) is 0. The van der Waals surface area contributed by atoms with Crippen LogP contribution in [-0.4, -0.2) is 25.1 Å². The van der Waals surface area contributed by atoms with E-state index in [1.165, 1.54) is 45.4 Å². The maximum absolute atomic E-state index is 12.4. The first kappa shape index (κ1) is 18.0. The van der Waals surface area contributed by atoms with Gasteiger partial charge in [-0.05, 0) is 17.7 Å². The Labute approximate surface area is 127 Å². The predicted octanol–water partition coefficient (Wildman–Crippen LogP) is 3.20. The molecule has 1 rings (SSSR count). The Bertz CT molecular complexity index is 618. The average molecular weight is 329 g/mol. The van der Waals surface area contributed by atoms with Gasteiger partial charge >= 0.3 is 13.6 Å². The molecule has 0 amide bonds. The fraction of sp³-hybridized carbons (Fsp3) is 0.308. The molecular weight excluding hydrogens is 313 g/mol. The molecule has 22 heavy (non-hydrogen) atoms. The third-order valence-electron chi connectivity index (χ3n) is 2.83.